The first-order valence-electron chi connectivity index (χ1n) is 6.35. The highest BCUT2D eigenvalue weighted by Gasteiger charge is 2.13. The van der Waals surface area contributed by atoms with E-state index in [1.807, 2.05) is 25.1 Å². The first kappa shape index (κ1) is 15.7. The summed E-state index contributed by atoms with van der Waals surface area (Å²) in [6, 6.07) is 10.6. The summed E-state index contributed by atoms with van der Waals surface area (Å²) in [5.74, 6) is 5.70. The fourth-order valence-corrected chi connectivity index (χ4v) is 3.73. The molecule has 2 rings (SSSR count). The van der Waals surface area contributed by atoms with E-state index < -0.39 is 10.0 Å². The molecule has 0 atom stereocenters. The number of sulfonamides is 1. The van der Waals surface area contributed by atoms with Crippen LogP contribution < -0.4 is 10.5 Å². The zero-order chi connectivity index (χ0) is 15.3. The first-order chi connectivity index (χ1) is 10.0. The van der Waals surface area contributed by atoms with Gasteiger partial charge in [0.15, 0.2) is 0 Å². The third-order valence-electron chi connectivity index (χ3n) is 2.71. The molecule has 0 aliphatic heterocycles. The Bertz CT molecular complexity index is 783. The number of rotatable bonds is 4. The number of thiophene rings is 1. The molecule has 1 aromatic heterocycles. The van der Waals surface area contributed by atoms with Gasteiger partial charge in [-0.15, -0.1) is 11.3 Å². The zero-order valence-corrected chi connectivity index (χ0v) is 13.2. The molecule has 0 unspecified atom stereocenters. The van der Waals surface area contributed by atoms with Crippen molar-refractivity contribution >= 4 is 21.4 Å². The van der Waals surface area contributed by atoms with E-state index in [-0.39, 0.29) is 11.4 Å². The van der Waals surface area contributed by atoms with E-state index in [0.29, 0.717) is 6.54 Å². The van der Waals surface area contributed by atoms with Gasteiger partial charge in [0, 0.05) is 11.4 Å². The van der Waals surface area contributed by atoms with Crippen LogP contribution in [0.15, 0.2) is 41.3 Å². The number of aryl methyl sites for hydroxylation is 1. The van der Waals surface area contributed by atoms with E-state index in [9.17, 15) is 8.42 Å². The lowest BCUT2D eigenvalue weighted by molar-refractivity contribution is 0.581. The highest BCUT2D eigenvalue weighted by molar-refractivity contribution is 7.89. The van der Waals surface area contributed by atoms with Crippen molar-refractivity contribution < 1.29 is 8.42 Å². The molecule has 0 amide bonds. The summed E-state index contributed by atoms with van der Waals surface area (Å²) >= 11 is 1.46. The highest BCUT2D eigenvalue weighted by Crippen LogP contribution is 2.17. The number of hydrogen-bond acceptors (Lipinski definition) is 4. The van der Waals surface area contributed by atoms with Gasteiger partial charge in [0.2, 0.25) is 10.0 Å². The maximum atomic E-state index is 12.2. The van der Waals surface area contributed by atoms with Gasteiger partial charge in [-0.1, -0.05) is 24.0 Å². The SMILES string of the molecule is Cc1cccc(S(=O)(=O)NCc2ccc(C#CCN)s2)c1. The monoisotopic (exact) mass is 320 g/mol. The summed E-state index contributed by atoms with van der Waals surface area (Å²) < 4.78 is 27.0. The lowest BCUT2D eigenvalue weighted by Crippen LogP contribution is -2.22. The topological polar surface area (TPSA) is 72.2 Å². The van der Waals surface area contributed by atoms with Gasteiger partial charge >= 0.3 is 0 Å². The van der Waals surface area contributed by atoms with Gasteiger partial charge in [0.05, 0.1) is 16.3 Å². The minimum Gasteiger partial charge on any atom is -0.320 e. The van der Waals surface area contributed by atoms with Crippen LogP contribution in [0, 0.1) is 18.8 Å². The van der Waals surface area contributed by atoms with Crippen molar-refractivity contribution in [2.24, 2.45) is 5.73 Å². The van der Waals surface area contributed by atoms with Gasteiger partial charge in [0.25, 0.3) is 0 Å². The summed E-state index contributed by atoms with van der Waals surface area (Å²) in [7, 11) is -3.49. The van der Waals surface area contributed by atoms with Gasteiger partial charge in [0.1, 0.15) is 0 Å². The predicted octanol–water partition coefficient (Wildman–Crippen LogP) is 1.85. The fraction of sp³-hybridized carbons (Fsp3) is 0.200. The maximum Gasteiger partial charge on any atom is 0.240 e. The molecular formula is C15H16N2O2S2. The Kier molecular flexibility index (Phi) is 5.15. The van der Waals surface area contributed by atoms with Gasteiger partial charge in [-0.05, 0) is 36.8 Å². The van der Waals surface area contributed by atoms with E-state index in [1.54, 1.807) is 18.2 Å². The minimum atomic E-state index is -3.49. The number of benzene rings is 1. The Morgan fingerprint density at radius 1 is 1.29 bits per heavy atom. The second kappa shape index (κ2) is 6.87. The maximum absolute atomic E-state index is 12.2. The van der Waals surface area contributed by atoms with Crippen LogP contribution in [0.3, 0.4) is 0 Å². The van der Waals surface area contributed by atoms with Gasteiger partial charge < -0.3 is 5.73 Å². The van der Waals surface area contributed by atoms with Crippen LogP contribution in [-0.2, 0) is 16.6 Å². The standard InChI is InChI=1S/C15H16N2O2S2/c1-12-4-2-6-15(10-12)21(18,19)17-11-14-8-7-13(20-14)5-3-9-16/h2,4,6-8,10,17H,9,11,16H2,1H3. The van der Waals surface area contributed by atoms with Crippen LogP contribution in [0.25, 0.3) is 0 Å². The molecule has 1 heterocycles. The van der Waals surface area contributed by atoms with E-state index >= 15 is 0 Å². The van der Waals surface area contributed by atoms with Crippen molar-refractivity contribution in [2.75, 3.05) is 6.54 Å². The van der Waals surface area contributed by atoms with Crippen LogP contribution in [0.1, 0.15) is 15.3 Å². The zero-order valence-electron chi connectivity index (χ0n) is 11.6. The largest absolute Gasteiger partial charge is 0.320 e. The van der Waals surface area contributed by atoms with Crippen LogP contribution >= 0.6 is 11.3 Å². The molecule has 2 aromatic rings. The summed E-state index contributed by atoms with van der Waals surface area (Å²) in [4.78, 5) is 2.07. The van der Waals surface area contributed by atoms with Crippen molar-refractivity contribution in [3.63, 3.8) is 0 Å². The van der Waals surface area contributed by atoms with Crippen molar-refractivity contribution in [3.05, 3.63) is 51.7 Å². The van der Waals surface area contributed by atoms with E-state index in [0.717, 1.165) is 15.3 Å². The summed E-state index contributed by atoms with van der Waals surface area (Å²) in [6.07, 6.45) is 0. The molecule has 110 valence electrons. The Morgan fingerprint density at radius 2 is 2.10 bits per heavy atom. The highest BCUT2D eigenvalue weighted by atomic mass is 32.2. The van der Waals surface area contributed by atoms with E-state index in [2.05, 4.69) is 16.6 Å². The Morgan fingerprint density at radius 3 is 2.81 bits per heavy atom. The van der Waals surface area contributed by atoms with Crippen molar-refractivity contribution in [1.29, 1.82) is 0 Å². The number of nitrogens with one attached hydrogen (secondary N) is 1. The molecule has 0 bridgehead atoms. The number of hydrogen-bond donors (Lipinski definition) is 2. The lowest BCUT2D eigenvalue weighted by Gasteiger charge is -2.06. The molecule has 0 fully saturated rings. The predicted molar refractivity (Wildman–Crippen MR) is 85.5 cm³/mol. The average Bonchev–Trinajstić information content (AvgIpc) is 2.91. The second-order valence-electron chi connectivity index (χ2n) is 4.41. The third kappa shape index (κ3) is 4.41. The van der Waals surface area contributed by atoms with Crippen molar-refractivity contribution in [2.45, 2.75) is 18.4 Å². The normalized spacial score (nSPS) is 11.0. The molecule has 1 aromatic carbocycles. The van der Waals surface area contributed by atoms with Crippen LogP contribution in [-0.4, -0.2) is 15.0 Å². The van der Waals surface area contributed by atoms with E-state index in [4.69, 9.17) is 5.73 Å². The third-order valence-corrected chi connectivity index (χ3v) is 5.11. The molecule has 4 nitrogen and oxygen atoms in total. The van der Waals surface area contributed by atoms with Crippen LogP contribution in [0.5, 0.6) is 0 Å². The smallest absolute Gasteiger partial charge is 0.240 e. The lowest BCUT2D eigenvalue weighted by atomic mass is 10.2. The first-order valence-corrected chi connectivity index (χ1v) is 8.65. The summed E-state index contributed by atoms with van der Waals surface area (Å²) in [5.41, 5.74) is 6.23. The van der Waals surface area contributed by atoms with Gasteiger partial charge in [-0.25, -0.2) is 13.1 Å². The Balaban J connectivity index is 2.07. The van der Waals surface area contributed by atoms with E-state index in [1.165, 1.54) is 11.3 Å². The van der Waals surface area contributed by atoms with Crippen molar-refractivity contribution in [3.8, 4) is 11.8 Å². The van der Waals surface area contributed by atoms with Crippen LogP contribution in [0.4, 0.5) is 0 Å². The fourth-order valence-electron chi connectivity index (χ4n) is 1.71. The summed E-state index contributed by atoms with van der Waals surface area (Å²) in [5, 5.41) is 0. The molecular weight excluding hydrogens is 304 g/mol. The minimum absolute atomic E-state index is 0.255. The molecule has 0 aliphatic rings. The average molecular weight is 320 g/mol. The molecule has 0 saturated carbocycles. The van der Waals surface area contributed by atoms with Crippen molar-refractivity contribution in [1.82, 2.24) is 4.72 Å². The molecule has 0 radical (unpaired) electrons. The summed E-state index contributed by atoms with van der Waals surface area (Å²) in [6.45, 7) is 2.43. The molecule has 0 spiro atoms. The van der Waals surface area contributed by atoms with Gasteiger partial charge in [-0.2, -0.15) is 0 Å². The molecule has 3 N–H and O–H groups in total. The molecule has 6 heteroatoms. The molecule has 0 saturated heterocycles. The second-order valence-corrected chi connectivity index (χ2v) is 7.35. The molecule has 0 aliphatic carbocycles. The Labute approximate surface area is 129 Å². The number of nitrogens with two attached hydrogens (primary N) is 1. The Hall–Kier alpha value is -1.65. The van der Waals surface area contributed by atoms with Gasteiger partial charge in [-0.3, -0.25) is 0 Å². The quantitative estimate of drug-likeness (QED) is 0.845. The van der Waals surface area contributed by atoms with Crippen LogP contribution in [0.2, 0.25) is 0 Å². The molecule has 21 heavy (non-hydrogen) atoms.